The van der Waals surface area contributed by atoms with Gasteiger partial charge in [0.05, 0.1) is 29.3 Å². The topological polar surface area (TPSA) is 55.1 Å². The normalized spacial score (nSPS) is 10.9. The highest BCUT2D eigenvalue weighted by Gasteiger charge is 2.15. The number of nitrogens with zero attached hydrogens (tertiary/aromatic N) is 2. The second-order valence-corrected chi connectivity index (χ2v) is 5.89. The predicted molar refractivity (Wildman–Crippen MR) is 80.3 cm³/mol. The van der Waals surface area contributed by atoms with Crippen molar-refractivity contribution in [1.82, 2.24) is 9.55 Å². The van der Waals surface area contributed by atoms with Crippen LogP contribution in [0.25, 0.3) is 0 Å². The smallest absolute Gasteiger partial charge is 0.174 e. The fraction of sp³-hybridized carbons (Fsp3) is 0.286. The average Bonchev–Trinajstić information content (AvgIpc) is 2.80. The first-order valence-electron chi connectivity index (χ1n) is 6.17. The van der Waals surface area contributed by atoms with Crippen molar-refractivity contribution in [1.29, 1.82) is 0 Å². The summed E-state index contributed by atoms with van der Waals surface area (Å²) in [6.45, 7) is 1.48. The molecule has 21 heavy (non-hydrogen) atoms. The van der Waals surface area contributed by atoms with Gasteiger partial charge in [-0.05, 0) is 24.6 Å². The van der Waals surface area contributed by atoms with Crippen LogP contribution in [-0.2, 0) is 13.7 Å². The fourth-order valence-electron chi connectivity index (χ4n) is 1.79. The first-order valence-corrected chi connectivity index (χ1v) is 7.53. The highest BCUT2D eigenvalue weighted by Crippen LogP contribution is 2.24. The van der Waals surface area contributed by atoms with Crippen molar-refractivity contribution in [2.45, 2.75) is 18.7 Å². The number of hydrogen-bond donors (Lipinski definition) is 1. The van der Waals surface area contributed by atoms with E-state index in [-0.39, 0.29) is 23.2 Å². The van der Waals surface area contributed by atoms with E-state index in [9.17, 15) is 9.18 Å². The summed E-state index contributed by atoms with van der Waals surface area (Å²) in [5.74, 6) is -0.483. The van der Waals surface area contributed by atoms with Gasteiger partial charge in [-0.3, -0.25) is 4.79 Å². The molecule has 0 aliphatic heterocycles. The lowest BCUT2D eigenvalue weighted by molar-refractivity contribution is 0.102. The molecule has 0 spiro atoms. The zero-order chi connectivity index (χ0) is 15.6. The lowest BCUT2D eigenvalue weighted by atomic mass is 10.1. The Hall–Kier alpha value is -1.37. The van der Waals surface area contributed by atoms with Crippen molar-refractivity contribution in [3.05, 3.63) is 46.0 Å². The molecule has 0 amide bonds. The van der Waals surface area contributed by atoms with Crippen molar-refractivity contribution >= 4 is 29.1 Å². The SMILES string of the molecule is Cc1cc(C(=O)CSc2ncc(CO)n2C)c(Cl)cc1F. The Morgan fingerprint density at radius 1 is 1.52 bits per heavy atom. The number of benzene rings is 1. The Bertz CT molecular complexity index is 688. The molecule has 0 atom stereocenters. The molecule has 0 aliphatic carbocycles. The zero-order valence-electron chi connectivity index (χ0n) is 11.6. The van der Waals surface area contributed by atoms with E-state index in [2.05, 4.69) is 4.98 Å². The number of Topliss-reactive ketones (excluding diaryl/α,β-unsaturated/α-hetero) is 1. The van der Waals surface area contributed by atoms with Gasteiger partial charge in [0.2, 0.25) is 0 Å². The molecular formula is C14H14ClFN2O2S. The monoisotopic (exact) mass is 328 g/mol. The van der Waals surface area contributed by atoms with Crippen LogP contribution in [0.5, 0.6) is 0 Å². The van der Waals surface area contributed by atoms with Crippen LogP contribution in [0.15, 0.2) is 23.5 Å². The van der Waals surface area contributed by atoms with Crippen LogP contribution in [0.2, 0.25) is 5.02 Å². The molecule has 0 aliphatic rings. The second-order valence-electron chi connectivity index (χ2n) is 4.54. The predicted octanol–water partition coefficient (Wildman–Crippen LogP) is 2.99. The lowest BCUT2D eigenvalue weighted by Crippen LogP contribution is -2.06. The molecule has 0 unspecified atom stereocenters. The summed E-state index contributed by atoms with van der Waals surface area (Å²) in [6.07, 6.45) is 1.56. The van der Waals surface area contributed by atoms with Crippen LogP contribution >= 0.6 is 23.4 Å². The number of aliphatic hydroxyl groups is 1. The second kappa shape index (κ2) is 6.60. The lowest BCUT2D eigenvalue weighted by Gasteiger charge is -2.06. The van der Waals surface area contributed by atoms with Gasteiger partial charge >= 0.3 is 0 Å². The molecule has 0 radical (unpaired) electrons. The largest absolute Gasteiger partial charge is 0.390 e. The number of aromatic nitrogens is 2. The van der Waals surface area contributed by atoms with Gasteiger partial charge in [-0.15, -0.1) is 0 Å². The molecule has 0 bridgehead atoms. The van der Waals surface area contributed by atoms with Gasteiger partial charge in [0.1, 0.15) is 5.82 Å². The molecule has 0 saturated carbocycles. The van der Waals surface area contributed by atoms with Crippen molar-refractivity contribution in [3.8, 4) is 0 Å². The quantitative estimate of drug-likeness (QED) is 0.677. The van der Waals surface area contributed by atoms with Crippen molar-refractivity contribution in [2.75, 3.05) is 5.75 Å². The van der Waals surface area contributed by atoms with Crippen LogP contribution in [0, 0.1) is 12.7 Å². The number of halogens is 2. The first-order chi connectivity index (χ1) is 9.93. The summed E-state index contributed by atoms with van der Waals surface area (Å²) in [4.78, 5) is 16.3. The molecular weight excluding hydrogens is 315 g/mol. The number of rotatable bonds is 5. The van der Waals surface area contributed by atoms with Gasteiger partial charge in [0, 0.05) is 12.6 Å². The third-order valence-electron chi connectivity index (χ3n) is 3.08. The minimum atomic E-state index is -0.430. The molecule has 1 heterocycles. The molecule has 2 aromatic rings. The Morgan fingerprint density at radius 2 is 2.24 bits per heavy atom. The van der Waals surface area contributed by atoms with Crippen molar-refractivity contribution < 1.29 is 14.3 Å². The number of hydrogen-bond acceptors (Lipinski definition) is 4. The van der Waals surface area contributed by atoms with Crippen molar-refractivity contribution in [2.24, 2.45) is 7.05 Å². The van der Waals surface area contributed by atoms with Crippen LogP contribution in [0.4, 0.5) is 4.39 Å². The van der Waals surface area contributed by atoms with Gasteiger partial charge in [-0.25, -0.2) is 9.37 Å². The number of thioether (sulfide) groups is 1. The van der Waals surface area contributed by atoms with Gasteiger partial charge < -0.3 is 9.67 Å². The maximum atomic E-state index is 13.3. The van der Waals surface area contributed by atoms with Crippen LogP contribution in [0.1, 0.15) is 21.6 Å². The Labute approximate surface area is 130 Å². The molecule has 112 valence electrons. The van der Waals surface area contributed by atoms with Gasteiger partial charge in [0.25, 0.3) is 0 Å². The number of ketones is 1. The first kappa shape index (κ1) is 16.0. The molecule has 4 nitrogen and oxygen atoms in total. The number of carbonyl (C=O) groups excluding carboxylic acids is 1. The van der Waals surface area contributed by atoms with E-state index in [4.69, 9.17) is 16.7 Å². The highest BCUT2D eigenvalue weighted by atomic mass is 35.5. The molecule has 1 aromatic carbocycles. The van der Waals surface area contributed by atoms with Crippen molar-refractivity contribution in [3.63, 3.8) is 0 Å². The van der Waals surface area contributed by atoms with Gasteiger partial charge in [0.15, 0.2) is 10.9 Å². The van der Waals surface area contributed by atoms with E-state index < -0.39 is 5.82 Å². The molecule has 0 fully saturated rings. The zero-order valence-corrected chi connectivity index (χ0v) is 13.1. The maximum Gasteiger partial charge on any atom is 0.174 e. The van der Waals surface area contributed by atoms with Gasteiger partial charge in [-0.2, -0.15) is 0 Å². The van der Waals surface area contributed by atoms with E-state index in [1.807, 2.05) is 0 Å². The molecule has 1 aromatic heterocycles. The molecule has 1 N–H and O–H groups in total. The average molecular weight is 329 g/mol. The summed E-state index contributed by atoms with van der Waals surface area (Å²) >= 11 is 7.16. The standard InChI is InChI=1S/C14H14ClFN2O2S/c1-8-3-10(11(15)4-12(8)16)13(20)7-21-14-17-5-9(6-19)18(14)2/h3-5,19H,6-7H2,1-2H3. The summed E-state index contributed by atoms with van der Waals surface area (Å²) in [5.41, 5.74) is 1.35. The molecule has 7 heteroatoms. The van der Waals surface area contributed by atoms with E-state index in [0.29, 0.717) is 22.0 Å². The Morgan fingerprint density at radius 3 is 2.86 bits per heavy atom. The Kier molecular flexibility index (Phi) is 5.03. The number of imidazole rings is 1. The highest BCUT2D eigenvalue weighted by molar-refractivity contribution is 7.99. The summed E-state index contributed by atoms with van der Waals surface area (Å²) in [7, 11) is 1.76. The van der Waals surface area contributed by atoms with E-state index in [1.54, 1.807) is 24.7 Å². The fourth-order valence-corrected chi connectivity index (χ4v) is 2.90. The summed E-state index contributed by atoms with van der Waals surface area (Å²) in [5, 5.41) is 9.83. The van der Waals surface area contributed by atoms with E-state index in [0.717, 1.165) is 6.07 Å². The minimum Gasteiger partial charge on any atom is -0.390 e. The summed E-state index contributed by atoms with van der Waals surface area (Å²) in [6, 6.07) is 2.61. The third kappa shape index (κ3) is 3.45. The van der Waals surface area contributed by atoms with Gasteiger partial charge in [-0.1, -0.05) is 23.4 Å². The minimum absolute atomic E-state index is 0.110. The maximum absolute atomic E-state index is 13.3. The van der Waals surface area contributed by atoms with Crippen LogP contribution in [0.3, 0.4) is 0 Å². The third-order valence-corrected chi connectivity index (χ3v) is 4.44. The summed E-state index contributed by atoms with van der Waals surface area (Å²) < 4.78 is 15.0. The number of aliphatic hydroxyl groups excluding tert-OH is 1. The van der Waals surface area contributed by atoms with E-state index in [1.165, 1.54) is 17.8 Å². The number of carbonyl (C=O) groups is 1. The molecule has 0 saturated heterocycles. The van der Waals surface area contributed by atoms with Crippen LogP contribution < -0.4 is 0 Å². The number of aryl methyl sites for hydroxylation is 1. The van der Waals surface area contributed by atoms with Crippen LogP contribution in [-0.4, -0.2) is 26.2 Å². The van der Waals surface area contributed by atoms with E-state index >= 15 is 0 Å². The Balaban J connectivity index is 2.12. The molecule has 2 rings (SSSR count).